The lowest BCUT2D eigenvalue weighted by Gasteiger charge is -2.33. The molecule has 0 aromatic heterocycles. The van der Waals surface area contributed by atoms with Crippen molar-refractivity contribution in [3.05, 3.63) is 93.5 Å². The molecule has 10 heteroatoms. The lowest BCUT2D eigenvalue weighted by molar-refractivity contribution is -0.140. The van der Waals surface area contributed by atoms with Crippen LogP contribution in [0, 0.1) is 13.8 Å². The fourth-order valence-electron chi connectivity index (χ4n) is 4.00. The highest BCUT2D eigenvalue weighted by Crippen LogP contribution is 2.27. The molecule has 3 aromatic carbocycles. The molecule has 0 radical (unpaired) electrons. The largest absolute Gasteiger partial charge is 0.357 e. The van der Waals surface area contributed by atoms with Crippen molar-refractivity contribution in [1.29, 1.82) is 0 Å². The van der Waals surface area contributed by atoms with Gasteiger partial charge in [0.15, 0.2) is 0 Å². The molecule has 0 saturated carbocycles. The van der Waals surface area contributed by atoms with Gasteiger partial charge in [0, 0.05) is 13.6 Å². The van der Waals surface area contributed by atoms with Crippen LogP contribution in [-0.4, -0.2) is 44.8 Å². The van der Waals surface area contributed by atoms with Gasteiger partial charge in [-0.2, -0.15) is 0 Å². The van der Waals surface area contributed by atoms with Gasteiger partial charge in [-0.15, -0.1) is 0 Å². The Labute approximate surface area is 234 Å². The minimum atomic E-state index is -4.11. The number of nitrogens with one attached hydrogen (secondary N) is 1. The first kappa shape index (κ1) is 29.5. The second-order valence-corrected chi connectivity index (χ2v) is 11.6. The minimum absolute atomic E-state index is 0.0357. The summed E-state index contributed by atoms with van der Waals surface area (Å²) in [6.07, 6.45) is 0.321. The number of rotatable bonds is 10. The van der Waals surface area contributed by atoms with Crippen LogP contribution >= 0.6 is 23.2 Å². The van der Waals surface area contributed by atoms with E-state index in [0.717, 1.165) is 15.4 Å². The lowest BCUT2D eigenvalue weighted by atomic mass is 10.1. The summed E-state index contributed by atoms with van der Waals surface area (Å²) in [6, 6.07) is 17.5. The van der Waals surface area contributed by atoms with Crippen molar-refractivity contribution in [2.45, 2.75) is 44.7 Å². The zero-order chi connectivity index (χ0) is 28.0. The van der Waals surface area contributed by atoms with Crippen molar-refractivity contribution < 1.29 is 18.0 Å². The standard InChI is InChI=1S/C28H31Cl2N3O4S/c1-5-26(28(35)31-4)32(17-21-10-15-24(29)25(30)16-21)27(34)18-33(22-11-6-19(2)7-12-22)38(36,37)23-13-8-20(3)9-14-23/h6-16,26H,5,17-18H2,1-4H3,(H,31,35). The third kappa shape index (κ3) is 6.87. The number of anilines is 1. The quantitative estimate of drug-likeness (QED) is 0.352. The van der Waals surface area contributed by atoms with Gasteiger partial charge in [-0.3, -0.25) is 13.9 Å². The highest BCUT2D eigenvalue weighted by atomic mass is 35.5. The highest BCUT2D eigenvalue weighted by Gasteiger charge is 2.33. The predicted molar refractivity (Wildman–Crippen MR) is 152 cm³/mol. The Balaban J connectivity index is 2.06. The van der Waals surface area contributed by atoms with Crippen molar-refractivity contribution in [2.75, 3.05) is 17.9 Å². The number of amides is 2. The number of carbonyl (C=O) groups excluding carboxylic acids is 2. The molecule has 0 fully saturated rings. The number of likely N-dealkylation sites (N-methyl/N-ethyl adjacent to an activating group) is 1. The maximum Gasteiger partial charge on any atom is 0.264 e. The Hall–Kier alpha value is -3.07. The smallest absolute Gasteiger partial charge is 0.264 e. The van der Waals surface area contributed by atoms with E-state index in [9.17, 15) is 18.0 Å². The molecule has 1 atom stereocenters. The van der Waals surface area contributed by atoms with Gasteiger partial charge in [-0.1, -0.05) is 71.6 Å². The van der Waals surface area contributed by atoms with Crippen LogP contribution < -0.4 is 9.62 Å². The maximum atomic E-state index is 13.9. The number of nitrogens with zero attached hydrogens (tertiary/aromatic N) is 2. The summed E-state index contributed by atoms with van der Waals surface area (Å²) in [5.41, 5.74) is 2.84. The van der Waals surface area contributed by atoms with Crippen LogP contribution in [0.1, 0.15) is 30.0 Å². The van der Waals surface area contributed by atoms with Crippen molar-refractivity contribution in [2.24, 2.45) is 0 Å². The van der Waals surface area contributed by atoms with Crippen molar-refractivity contribution in [3.8, 4) is 0 Å². The highest BCUT2D eigenvalue weighted by molar-refractivity contribution is 7.92. The van der Waals surface area contributed by atoms with Gasteiger partial charge >= 0.3 is 0 Å². The molecule has 1 N–H and O–H groups in total. The Kier molecular flexibility index (Phi) is 9.82. The fraction of sp³-hybridized carbons (Fsp3) is 0.286. The Morgan fingerprint density at radius 2 is 1.47 bits per heavy atom. The number of aryl methyl sites for hydroxylation is 2. The number of hydrogen-bond acceptors (Lipinski definition) is 4. The van der Waals surface area contributed by atoms with E-state index in [1.807, 2.05) is 13.8 Å². The number of carbonyl (C=O) groups is 2. The summed E-state index contributed by atoms with van der Waals surface area (Å²) in [5, 5.41) is 3.27. The van der Waals surface area contributed by atoms with Crippen LogP contribution in [-0.2, 0) is 26.2 Å². The molecule has 0 spiro atoms. The molecule has 38 heavy (non-hydrogen) atoms. The average molecular weight is 577 g/mol. The van der Waals surface area contributed by atoms with Crippen molar-refractivity contribution in [3.63, 3.8) is 0 Å². The molecular formula is C28H31Cl2N3O4S. The Morgan fingerprint density at radius 3 is 2.00 bits per heavy atom. The first-order chi connectivity index (χ1) is 18.0. The minimum Gasteiger partial charge on any atom is -0.357 e. The Bertz CT molecular complexity index is 1390. The topological polar surface area (TPSA) is 86.8 Å². The second kappa shape index (κ2) is 12.7. The van der Waals surface area contributed by atoms with Crippen molar-refractivity contribution in [1.82, 2.24) is 10.2 Å². The molecule has 0 saturated heterocycles. The van der Waals surface area contributed by atoms with Crippen LogP contribution in [0.2, 0.25) is 10.0 Å². The van der Waals surface area contributed by atoms with E-state index < -0.39 is 28.5 Å². The van der Waals surface area contributed by atoms with Gasteiger partial charge in [0.2, 0.25) is 11.8 Å². The predicted octanol–water partition coefficient (Wildman–Crippen LogP) is 5.36. The van der Waals surface area contributed by atoms with Crippen LogP contribution in [0.4, 0.5) is 5.69 Å². The third-order valence-corrected chi connectivity index (χ3v) is 8.71. The van der Waals surface area contributed by atoms with Gasteiger partial charge in [0.25, 0.3) is 10.0 Å². The summed E-state index contributed by atoms with van der Waals surface area (Å²) >= 11 is 12.3. The summed E-state index contributed by atoms with van der Waals surface area (Å²) < 4.78 is 28.7. The van der Waals surface area contributed by atoms with E-state index in [4.69, 9.17) is 23.2 Å². The van der Waals surface area contributed by atoms with Crippen LogP contribution in [0.5, 0.6) is 0 Å². The number of benzene rings is 3. The second-order valence-electron chi connectivity index (χ2n) is 8.97. The molecule has 2 amide bonds. The lowest BCUT2D eigenvalue weighted by Crippen LogP contribution is -2.51. The summed E-state index contributed by atoms with van der Waals surface area (Å²) in [5.74, 6) is -0.896. The molecule has 0 aliphatic heterocycles. The van der Waals surface area contributed by atoms with E-state index in [-0.39, 0.29) is 17.3 Å². The van der Waals surface area contributed by atoms with E-state index in [1.165, 1.54) is 24.1 Å². The van der Waals surface area contributed by atoms with Gasteiger partial charge in [0.05, 0.1) is 20.6 Å². The number of halogens is 2. The van der Waals surface area contributed by atoms with Gasteiger partial charge < -0.3 is 10.2 Å². The zero-order valence-corrected chi connectivity index (χ0v) is 24.1. The van der Waals surface area contributed by atoms with Gasteiger partial charge in [-0.25, -0.2) is 8.42 Å². The number of hydrogen-bond donors (Lipinski definition) is 1. The van der Waals surface area contributed by atoms with E-state index in [2.05, 4.69) is 5.32 Å². The van der Waals surface area contributed by atoms with Crippen LogP contribution in [0.15, 0.2) is 71.6 Å². The molecule has 3 rings (SSSR count). The average Bonchev–Trinajstić information content (AvgIpc) is 2.89. The Morgan fingerprint density at radius 1 is 0.895 bits per heavy atom. The molecule has 0 bridgehead atoms. The first-order valence-corrected chi connectivity index (χ1v) is 14.3. The molecule has 7 nitrogen and oxygen atoms in total. The normalized spacial score (nSPS) is 12.1. The zero-order valence-electron chi connectivity index (χ0n) is 21.7. The molecule has 1 unspecified atom stereocenters. The molecule has 0 heterocycles. The monoisotopic (exact) mass is 575 g/mol. The summed E-state index contributed by atoms with van der Waals surface area (Å²) in [7, 11) is -2.62. The van der Waals surface area contributed by atoms with Gasteiger partial charge in [0.1, 0.15) is 12.6 Å². The van der Waals surface area contributed by atoms with Crippen LogP contribution in [0.25, 0.3) is 0 Å². The molecule has 3 aromatic rings. The summed E-state index contributed by atoms with van der Waals surface area (Å²) in [6.45, 7) is 5.07. The van der Waals surface area contributed by atoms with E-state index in [1.54, 1.807) is 61.5 Å². The molecule has 202 valence electrons. The first-order valence-electron chi connectivity index (χ1n) is 12.1. The third-order valence-electron chi connectivity index (χ3n) is 6.18. The van der Waals surface area contributed by atoms with Gasteiger partial charge in [-0.05, 0) is 62.2 Å². The van der Waals surface area contributed by atoms with Crippen LogP contribution in [0.3, 0.4) is 0 Å². The van der Waals surface area contributed by atoms with Crippen molar-refractivity contribution >= 4 is 50.7 Å². The summed E-state index contributed by atoms with van der Waals surface area (Å²) in [4.78, 5) is 28.1. The fourth-order valence-corrected chi connectivity index (χ4v) is 5.73. The SMILES string of the molecule is CCC(C(=O)NC)N(Cc1ccc(Cl)c(Cl)c1)C(=O)CN(c1ccc(C)cc1)S(=O)(=O)c1ccc(C)cc1. The molecular weight excluding hydrogens is 545 g/mol. The maximum absolute atomic E-state index is 13.9. The number of sulfonamides is 1. The van der Waals surface area contributed by atoms with E-state index >= 15 is 0 Å². The van der Waals surface area contributed by atoms with E-state index in [0.29, 0.717) is 27.7 Å². The molecule has 0 aliphatic rings. The molecule has 0 aliphatic carbocycles.